The number of benzene rings is 1. The molecule has 1 aliphatic rings. The summed E-state index contributed by atoms with van der Waals surface area (Å²) in [5.74, 6) is 1.76. The summed E-state index contributed by atoms with van der Waals surface area (Å²) in [6.07, 6.45) is 3.52. The fraction of sp³-hybridized carbons (Fsp3) is 0.231. The van der Waals surface area contributed by atoms with E-state index in [4.69, 9.17) is 19.7 Å². The van der Waals surface area contributed by atoms with Crippen LogP contribution >= 0.6 is 11.3 Å². The Kier molecular flexibility index (Phi) is 2.53. The van der Waals surface area contributed by atoms with Gasteiger partial charge in [-0.25, -0.2) is 4.98 Å². The van der Waals surface area contributed by atoms with Crippen molar-refractivity contribution in [1.29, 1.82) is 0 Å². The van der Waals surface area contributed by atoms with Crippen LogP contribution in [0.15, 0.2) is 22.2 Å². The van der Waals surface area contributed by atoms with E-state index in [1.54, 1.807) is 12.3 Å². The summed E-state index contributed by atoms with van der Waals surface area (Å²) in [5.41, 5.74) is 7.41. The molecule has 1 aromatic carbocycles. The molecule has 0 radical (unpaired) electrons. The highest BCUT2D eigenvalue weighted by Crippen LogP contribution is 2.43. The summed E-state index contributed by atoms with van der Waals surface area (Å²) in [4.78, 5) is 4.13. The Morgan fingerprint density at radius 1 is 1.40 bits per heavy atom. The van der Waals surface area contributed by atoms with Gasteiger partial charge in [0, 0.05) is 23.2 Å². The van der Waals surface area contributed by atoms with Gasteiger partial charge in [0.05, 0.1) is 6.61 Å². The predicted molar refractivity (Wildman–Crippen MR) is 74.4 cm³/mol. The Balaban J connectivity index is 1.92. The number of anilines is 1. The quantitative estimate of drug-likeness (QED) is 0.780. The number of nitrogens with two attached hydrogens (primary N) is 1. The Morgan fingerprint density at radius 2 is 2.35 bits per heavy atom. The zero-order valence-corrected chi connectivity index (χ0v) is 11.3. The zero-order chi connectivity index (χ0) is 13.5. The van der Waals surface area contributed by atoms with Crippen LogP contribution in [0.2, 0.25) is 0 Å². The third-order valence-electron chi connectivity index (χ3n) is 3.23. The second-order valence-electron chi connectivity index (χ2n) is 4.48. The molecule has 0 bridgehead atoms. The molecular weight excluding hydrogens is 278 g/mol. The van der Waals surface area contributed by atoms with Gasteiger partial charge in [-0.15, -0.1) is 0 Å². The van der Waals surface area contributed by atoms with Gasteiger partial charge in [0.15, 0.2) is 11.4 Å². The van der Waals surface area contributed by atoms with Crippen LogP contribution in [0.1, 0.15) is 12.0 Å². The summed E-state index contributed by atoms with van der Waals surface area (Å²) in [6.45, 7) is 0.660. The van der Waals surface area contributed by atoms with Crippen LogP contribution in [-0.2, 0) is 6.42 Å². The molecule has 0 aliphatic carbocycles. The van der Waals surface area contributed by atoms with E-state index < -0.39 is 0 Å². The maximum Gasteiger partial charge on any atom is 0.278 e. The predicted octanol–water partition coefficient (Wildman–Crippen LogP) is 2.98. The minimum absolute atomic E-state index is 0.346. The molecule has 2 aromatic heterocycles. The number of nitrogens with zero attached hydrogens (tertiary/aromatic N) is 2. The summed E-state index contributed by atoms with van der Waals surface area (Å²) in [7, 11) is 0. The minimum Gasteiger partial charge on any atom is -0.492 e. The van der Waals surface area contributed by atoms with Gasteiger partial charge in [-0.1, -0.05) is 16.5 Å². The normalized spacial score (nSPS) is 14.0. The van der Waals surface area contributed by atoms with Crippen LogP contribution in [0.25, 0.3) is 11.0 Å². The van der Waals surface area contributed by atoms with Gasteiger partial charge >= 0.3 is 0 Å². The summed E-state index contributed by atoms with van der Waals surface area (Å²) in [6, 6.07) is 1.80. The largest absolute Gasteiger partial charge is 0.492 e. The van der Waals surface area contributed by atoms with Crippen molar-refractivity contribution in [3.63, 3.8) is 0 Å². The number of nitrogen functional groups attached to an aromatic ring is 1. The molecule has 0 unspecified atom stereocenters. The third kappa shape index (κ3) is 1.70. The third-order valence-corrected chi connectivity index (χ3v) is 3.88. The number of fused-ring (bicyclic) bond motifs is 3. The second-order valence-corrected chi connectivity index (χ2v) is 5.33. The van der Waals surface area contributed by atoms with Gasteiger partial charge in [-0.05, 0) is 12.8 Å². The maximum atomic E-state index is 5.85. The first-order chi connectivity index (χ1) is 9.83. The lowest BCUT2D eigenvalue weighted by atomic mass is 10.0. The number of hydrogen-bond acceptors (Lipinski definition) is 7. The van der Waals surface area contributed by atoms with Crippen LogP contribution in [0, 0.1) is 0 Å². The molecule has 0 saturated carbocycles. The van der Waals surface area contributed by atoms with Crippen molar-refractivity contribution in [1.82, 2.24) is 10.1 Å². The van der Waals surface area contributed by atoms with Crippen molar-refractivity contribution in [3.05, 3.63) is 23.2 Å². The number of aromatic nitrogens is 2. The van der Waals surface area contributed by atoms with Gasteiger partial charge < -0.3 is 19.7 Å². The van der Waals surface area contributed by atoms with Crippen molar-refractivity contribution in [2.24, 2.45) is 0 Å². The summed E-state index contributed by atoms with van der Waals surface area (Å²) < 4.78 is 16.8. The Labute approximate surface area is 118 Å². The van der Waals surface area contributed by atoms with E-state index in [9.17, 15) is 0 Å². The molecule has 1 aliphatic heterocycles. The second kappa shape index (κ2) is 4.38. The van der Waals surface area contributed by atoms with Crippen LogP contribution < -0.4 is 15.2 Å². The Bertz CT molecular complexity index is 767. The molecule has 3 heterocycles. The topological polar surface area (TPSA) is 83.4 Å². The monoisotopic (exact) mass is 289 g/mol. The first-order valence-electron chi connectivity index (χ1n) is 6.24. The molecule has 0 atom stereocenters. The van der Waals surface area contributed by atoms with E-state index in [1.165, 1.54) is 11.3 Å². The molecule has 2 N–H and O–H groups in total. The lowest BCUT2D eigenvalue weighted by Crippen LogP contribution is -2.10. The highest BCUT2D eigenvalue weighted by atomic mass is 32.1. The summed E-state index contributed by atoms with van der Waals surface area (Å²) >= 11 is 1.43. The summed E-state index contributed by atoms with van der Waals surface area (Å²) in [5, 5.41) is 6.98. The molecule has 0 amide bonds. The van der Waals surface area contributed by atoms with Crippen LogP contribution in [0.5, 0.6) is 16.7 Å². The molecule has 6 nitrogen and oxygen atoms in total. The zero-order valence-electron chi connectivity index (χ0n) is 10.5. The van der Waals surface area contributed by atoms with E-state index in [0.717, 1.165) is 29.5 Å². The molecular formula is C13H11N3O3S. The Hall–Kier alpha value is -2.28. The van der Waals surface area contributed by atoms with Crippen molar-refractivity contribution >= 4 is 28.1 Å². The smallest absolute Gasteiger partial charge is 0.278 e. The minimum atomic E-state index is 0.346. The van der Waals surface area contributed by atoms with Gasteiger partial charge in [-0.3, -0.25) is 0 Å². The highest BCUT2D eigenvalue weighted by molar-refractivity contribution is 7.11. The van der Waals surface area contributed by atoms with E-state index in [2.05, 4.69) is 10.1 Å². The Morgan fingerprint density at radius 3 is 3.20 bits per heavy atom. The average molecular weight is 289 g/mol. The lowest BCUT2D eigenvalue weighted by molar-refractivity contribution is 0.288. The lowest BCUT2D eigenvalue weighted by Gasteiger charge is -2.20. The fourth-order valence-corrected chi connectivity index (χ4v) is 2.87. The maximum absolute atomic E-state index is 5.85. The molecule has 4 rings (SSSR count). The van der Waals surface area contributed by atoms with Crippen molar-refractivity contribution < 1.29 is 14.0 Å². The SMILES string of the molecule is Nc1noc2cc(Oc3nccs3)c3c(c12)OCCC3. The molecule has 20 heavy (non-hydrogen) atoms. The fourth-order valence-electron chi connectivity index (χ4n) is 2.38. The molecule has 102 valence electrons. The standard InChI is InChI=1S/C13H11N3O3S/c14-12-10-9(19-16-12)6-8(18-13-15-3-5-20-13)7-2-1-4-17-11(7)10/h3,5-6H,1-2,4H2,(H2,14,16). The van der Waals surface area contributed by atoms with Crippen molar-refractivity contribution in [2.45, 2.75) is 12.8 Å². The van der Waals surface area contributed by atoms with E-state index >= 15 is 0 Å². The van der Waals surface area contributed by atoms with Crippen molar-refractivity contribution in [3.8, 4) is 16.7 Å². The molecule has 0 spiro atoms. The van der Waals surface area contributed by atoms with Crippen LogP contribution in [0.3, 0.4) is 0 Å². The van der Waals surface area contributed by atoms with Gasteiger partial charge in [0.2, 0.25) is 0 Å². The van der Waals surface area contributed by atoms with Crippen LogP contribution in [-0.4, -0.2) is 16.7 Å². The molecule has 7 heteroatoms. The van der Waals surface area contributed by atoms with E-state index in [-0.39, 0.29) is 0 Å². The molecule has 0 fully saturated rings. The van der Waals surface area contributed by atoms with Crippen LogP contribution in [0.4, 0.5) is 5.82 Å². The van der Waals surface area contributed by atoms with Gasteiger partial charge in [0.25, 0.3) is 5.19 Å². The first kappa shape index (κ1) is 11.5. The van der Waals surface area contributed by atoms with Gasteiger partial charge in [-0.2, -0.15) is 0 Å². The average Bonchev–Trinajstić information content (AvgIpc) is 3.09. The van der Waals surface area contributed by atoms with Gasteiger partial charge in [0.1, 0.15) is 16.9 Å². The van der Waals surface area contributed by atoms with Crippen molar-refractivity contribution in [2.75, 3.05) is 12.3 Å². The number of hydrogen-bond donors (Lipinski definition) is 1. The van der Waals surface area contributed by atoms with E-state index in [0.29, 0.717) is 29.0 Å². The molecule has 3 aromatic rings. The first-order valence-corrected chi connectivity index (χ1v) is 7.12. The number of rotatable bonds is 2. The molecule has 0 saturated heterocycles. The highest BCUT2D eigenvalue weighted by Gasteiger charge is 2.24. The number of ether oxygens (including phenoxy) is 2. The number of thiazole rings is 1. The van der Waals surface area contributed by atoms with E-state index in [1.807, 2.05) is 5.38 Å².